The van der Waals surface area contributed by atoms with Gasteiger partial charge in [0.15, 0.2) is 0 Å². The van der Waals surface area contributed by atoms with Crippen molar-refractivity contribution in [2.24, 2.45) is 0 Å². The van der Waals surface area contributed by atoms with E-state index in [4.69, 9.17) is 21.6 Å². The molecule has 6 heteroatoms. The summed E-state index contributed by atoms with van der Waals surface area (Å²) in [5.41, 5.74) is 3.83. The third-order valence-electron chi connectivity index (χ3n) is 2.85. The second kappa shape index (κ2) is 6.42. The van der Waals surface area contributed by atoms with Gasteiger partial charge < -0.3 is 21.6 Å². The second-order valence-electron chi connectivity index (χ2n) is 4.40. The lowest BCUT2D eigenvalue weighted by Crippen LogP contribution is -2.01. The Balaban J connectivity index is 2.41. The van der Waals surface area contributed by atoms with Gasteiger partial charge in [-0.25, -0.2) is 9.97 Å². The standard InChI is InChI=1S/C15H14N6/c16-6-12-2-10(3-13(7-17)20-12)1-11-4-14(8-18)21-15(5-11)9-19/h2-9,16-19H,1H2. The van der Waals surface area contributed by atoms with Gasteiger partial charge in [0, 0.05) is 24.9 Å². The molecule has 104 valence electrons. The van der Waals surface area contributed by atoms with Gasteiger partial charge in [-0.05, 0) is 41.8 Å². The highest BCUT2D eigenvalue weighted by Crippen LogP contribution is 2.13. The molecule has 0 bridgehead atoms. The van der Waals surface area contributed by atoms with Crippen LogP contribution in [0.15, 0.2) is 24.3 Å². The van der Waals surface area contributed by atoms with E-state index in [-0.39, 0.29) is 0 Å². The minimum atomic E-state index is 0.500. The van der Waals surface area contributed by atoms with Gasteiger partial charge in [-0.15, -0.1) is 0 Å². The zero-order valence-electron chi connectivity index (χ0n) is 11.2. The molecule has 0 amide bonds. The van der Waals surface area contributed by atoms with Crippen molar-refractivity contribution in [3.8, 4) is 0 Å². The fourth-order valence-corrected chi connectivity index (χ4v) is 2.01. The number of aromatic nitrogens is 2. The van der Waals surface area contributed by atoms with Crippen molar-refractivity contribution in [1.82, 2.24) is 9.97 Å². The van der Waals surface area contributed by atoms with Crippen molar-refractivity contribution in [3.05, 3.63) is 58.2 Å². The molecule has 21 heavy (non-hydrogen) atoms. The fourth-order valence-electron chi connectivity index (χ4n) is 2.01. The molecule has 0 unspecified atom stereocenters. The smallest absolute Gasteiger partial charge is 0.0815 e. The number of pyridine rings is 2. The molecule has 6 nitrogen and oxygen atoms in total. The van der Waals surface area contributed by atoms with Crippen molar-refractivity contribution in [3.63, 3.8) is 0 Å². The van der Waals surface area contributed by atoms with Gasteiger partial charge >= 0.3 is 0 Å². The minimum absolute atomic E-state index is 0.500. The van der Waals surface area contributed by atoms with Gasteiger partial charge in [0.05, 0.1) is 22.8 Å². The Bertz CT molecular complexity index is 606. The van der Waals surface area contributed by atoms with Crippen LogP contribution in [-0.4, -0.2) is 34.8 Å². The molecule has 2 heterocycles. The van der Waals surface area contributed by atoms with E-state index >= 15 is 0 Å². The quantitative estimate of drug-likeness (QED) is 0.604. The van der Waals surface area contributed by atoms with E-state index in [1.54, 1.807) is 24.3 Å². The first-order chi connectivity index (χ1) is 10.2. The molecule has 0 aliphatic heterocycles. The van der Waals surface area contributed by atoms with Crippen LogP contribution in [0.25, 0.3) is 0 Å². The maximum atomic E-state index is 7.29. The summed E-state index contributed by atoms with van der Waals surface area (Å²) >= 11 is 0. The van der Waals surface area contributed by atoms with Crippen LogP contribution in [-0.2, 0) is 6.42 Å². The van der Waals surface area contributed by atoms with E-state index in [0.29, 0.717) is 29.2 Å². The van der Waals surface area contributed by atoms with Gasteiger partial charge in [0.25, 0.3) is 0 Å². The van der Waals surface area contributed by atoms with Crippen molar-refractivity contribution < 1.29 is 0 Å². The molecule has 0 aromatic carbocycles. The van der Waals surface area contributed by atoms with Crippen LogP contribution in [0.5, 0.6) is 0 Å². The molecular weight excluding hydrogens is 264 g/mol. The molecule has 2 rings (SSSR count). The number of nitrogens with zero attached hydrogens (tertiary/aromatic N) is 2. The lowest BCUT2D eigenvalue weighted by molar-refractivity contribution is 1.12. The third-order valence-corrected chi connectivity index (χ3v) is 2.85. The van der Waals surface area contributed by atoms with Gasteiger partial charge in [0.1, 0.15) is 0 Å². The third kappa shape index (κ3) is 3.50. The molecule has 2 aromatic rings. The number of hydrogen-bond acceptors (Lipinski definition) is 6. The zero-order valence-corrected chi connectivity index (χ0v) is 11.2. The molecular formula is C15H14N6. The highest BCUT2D eigenvalue weighted by Gasteiger charge is 2.04. The Kier molecular flexibility index (Phi) is 4.40. The van der Waals surface area contributed by atoms with Crippen LogP contribution < -0.4 is 0 Å². The average molecular weight is 278 g/mol. The normalized spacial score (nSPS) is 9.90. The summed E-state index contributed by atoms with van der Waals surface area (Å²) in [7, 11) is 0. The highest BCUT2D eigenvalue weighted by molar-refractivity contribution is 5.81. The lowest BCUT2D eigenvalue weighted by Gasteiger charge is -2.06. The fraction of sp³-hybridized carbons (Fsp3) is 0.0667. The van der Waals surface area contributed by atoms with Crippen LogP contribution >= 0.6 is 0 Å². The largest absolute Gasteiger partial charge is 0.307 e. The Morgan fingerprint density at radius 2 is 0.905 bits per heavy atom. The van der Waals surface area contributed by atoms with Crippen LogP contribution in [0.4, 0.5) is 0 Å². The zero-order chi connectivity index (χ0) is 15.2. The molecule has 0 atom stereocenters. The molecule has 2 aromatic heterocycles. The van der Waals surface area contributed by atoms with E-state index in [9.17, 15) is 0 Å². The average Bonchev–Trinajstić information content (AvgIpc) is 2.53. The SMILES string of the molecule is N=Cc1cc(Cc2cc(C=N)nc(C=N)c2)cc(C=N)n1. The highest BCUT2D eigenvalue weighted by atomic mass is 14.7. The summed E-state index contributed by atoms with van der Waals surface area (Å²) in [5, 5.41) is 29.2. The molecule has 0 aliphatic rings. The van der Waals surface area contributed by atoms with E-state index in [0.717, 1.165) is 36.0 Å². The van der Waals surface area contributed by atoms with Gasteiger partial charge in [-0.1, -0.05) is 0 Å². The van der Waals surface area contributed by atoms with Crippen LogP contribution in [0.3, 0.4) is 0 Å². The van der Waals surface area contributed by atoms with Gasteiger partial charge in [-0.3, -0.25) is 0 Å². The Labute approximate surface area is 121 Å². The molecule has 0 radical (unpaired) electrons. The summed E-state index contributed by atoms with van der Waals surface area (Å²) in [5.74, 6) is 0. The van der Waals surface area contributed by atoms with E-state index < -0.39 is 0 Å². The first kappa shape index (κ1) is 14.4. The first-order valence-electron chi connectivity index (χ1n) is 6.22. The monoisotopic (exact) mass is 278 g/mol. The van der Waals surface area contributed by atoms with E-state index in [1.807, 2.05) is 0 Å². The number of nitrogens with one attached hydrogen (secondary N) is 4. The minimum Gasteiger partial charge on any atom is -0.307 e. The first-order valence-corrected chi connectivity index (χ1v) is 6.22. The van der Waals surface area contributed by atoms with Crippen molar-refractivity contribution in [1.29, 1.82) is 21.6 Å². The van der Waals surface area contributed by atoms with Crippen LogP contribution in [0.2, 0.25) is 0 Å². The molecule has 0 fully saturated rings. The lowest BCUT2D eigenvalue weighted by atomic mass is 10.0. The van der Waals surface area contributed by atoms with E-state index in [2.05, 4.69) is 9.97 Å². The Morgan fingerprint density at radius 3 is 1.14 bits per heavy atom. The second-order valence-corrected chi connectivity index (χ2v) is 4.40. The van der Waals surface area contributed by atoms with Crippen LogP contribution in [0.1, 0.15) is 33.9 Å². The predicted octanol–water partition coefficient (Wildman–Crippen LogP) is 2.06. The topological polar surface area (TPSA) is 121 Å². The number of rotatable bonds is 6. The summed E-state index contributed by atoms with van der Waals surface area (Å²) in [6.07, 6.45) is 5.16. The Hall–Kier alpha value is -3.02. The summed E-state index contributed by atoms with van der Waals surface area (Å²) in [4.78, 5) is 8.22. The number of hydrogen-bond donors (Lipinski definition) is 4. The summed E-state index contributed by atoms with van der Waals surface area (Å²) < 4.78 is 0. The molecule has 0 saturated carbocycles. The maximum absolute atomic E-state index is 7.29. The summed E-state index contributed by atoms with van der Waals surface area (Å²) in [6, 6.07) is 7.15. The Morgan fingerprint density at radius 1 is 0.619 bits per heavy atom. The van der Waals surface area contributed by atoms with Gasteiger partial charge in [0.2, 0.25) is 0 Å². The van der Waals surface area contributed by atoms with Crippen molar-refractivity contribution >= 4 is 24.9 Å². The van der Waals surface area contributed by atoms with E-state index in [1.165, 1.54) is 0 Å². The van der Waals surface area contributed by atoms with Crippen molar-refractivity contribution in [2.45, 2.75) is 6.42 Å². The summed E-state index contributed by atoms with van der Waals surface area (Å²) in [6.45, 7) is 0. The molecule has 4 N–H and O–H groups in total. The molecule has 0 aliphatic carbocycles. The molecule has 0 spiro atoms. The maximum Gasteiger partial charge on any atom is 0.0815 e. The van der Waals surface area contributed by atoms with Crippen LogP contribution in [0, 0.1) is 21.6 Å². The molecule has 0 saturated heterocycles. The van der Waals surface area contributed by atoms with Crippen molar-refractivity contribution in [2.75, 3.05) is 0 Å². The van der Waals surface area contributed by atoms with Gasteiger partial charge in [-0.2, -0.15) is 0 Å². The predicted molar refractivity (Wildman–Crippen MR) is 82.8 cm³/mol.